The lowest BCUT2D eigenvalue weighted by molar-refractivity contribution is 0.260. The van der Waals surface area contributed by atoms with Crippen molar-refractivity contribution >= 4 is 0 Å². The molecule has 0 saturated carbocycles. The molecule has 0 radical (unpaired) electrons. The highest BCUT2D eigenvalue weighted by molar-refractivity contribution is 5.17. The van der Waals surface area contributed by atoms with E-state index in [0.717, 1.165) is 6.54 Å². The van der Waals surface area contributed by atoms with Crippen LogP contribution in [0.1, 0.15) is 48.0 Å². The Morgan fingerprint density at radius 3 is 2.00 bits per heavy atom. The summed E-state index contributed by atoms with van der Waals surface area (Å²) in [7, 11) is 0. The Morgan fingerprint density at radius 2 is 1.71 bits per heavy atom. The maximum Gasteiger partial charge on any atom is 0.0172 e. The van der Waals surface area contributed by atoms with Crippen molar-refractivity contribution in [3.05, 3.63) is 11.6 Å². The highest BCUT2D eigenvalue weighted by atomic mass is 14.9. The lowest BCUT2D eigenvalue weighted by atomic mass is 9.78. The van der Waals surface area contributed by atoms with Crippen LogP contribution in [0.5, 0.6) is 0 Å². The molecule has 0 bridgehead atoms. The first-order chi connectivity index (χ1) is 6.21. The second-order valence-electron chi connectivity index (χ2n) is 6.51. The monoisotopic (exact) mass is 195 g/mol. The van der Waals surface area contributed by atoms with Gasteiger partial charge in [0.05, 0.1) is 0 Å². The van der Waals surface area contributed by atoms with Gasteiger partial charge in [0.1, 0.15) is 0 Å². The molecule has 1 N–H and O–H groups in total. The summed E-state index contributed by atoms with van der Waals surface area (Å²) in [5, 5.41) is 3.65. The molecular weight excluding hydrogens is 170 g/mol. The molecule has 14 heavy (non-hydrogen) atoms. The Morgan fingerprint density at radius 1 is 1.14 bits per heavy atom. The van der Waals surface area contributed by atoms with Gasteiger partial charge in [-0.3, -0.25) is 0 Å². The first-order valence-corrected chi connectivity index (χ1v) is 5.64. The molecule has 0 saturated heterocycles. The summed E-state index contributed by atoms with van der Waals surface area (Å²) in [5.41, 5.74) is 2.26. The minimum Gasteiger partial charge on any atom is -0.309 e. The van der Waals surface area contributed by atoms with Crippen LogP contribution >= 0.6 is 0 Å². The molecular formula is C13H25N. The fourth-order valence-corrected chi connectivity index (χ4v) is 1.88. The van der Waals surface area contributed by atoms with Gasteiger partial charge in [-0.15, -0.1) is 0 Å². The van der Waals surface area contributed by atoms with Gasteiger partial charge >= 0.3 is 0 Å². The average molecular weight is 195 g/mol. The smallest absolute Gasteiger partial charge is 0.0172 e. The van der Waals surface area contributed by atoms with Crippen molar-refractivity contribution in [2.75, 3.05) is 6.54 Å². The summed E-state index contributed by atoms with van der Waals surface area (Å²) in [6.45, 7) is 14.8. The summed E-state index contributed by atoms with van der Waals surface area (Å²) < 4.78 is 0. The lowest BCUT2D eigenvalue weighted by Gasteiger charge is -2.37. The van der Waals surface area contributed by atoms with Crippen LogP contribution in [-0.4, -0.2) is 12.6 Å². The Kier molecular flexibility index (Phi) is 3.10. The molecule has 0 aliphatic carbocycles. The molecule has 0 fully saturated rings. The van der Waals surface area contributed by atoms with Crippen molar-refractivity contribution in [2.24, 2.45) is 10.8 Å². The van der Waals surface area contributed by atoms with Gasteiger partial charge in [-0.25, -0.2) is 0 Å². The van der Waals surface area contributed by atoms with Gasteiger partial charge < -0.3 is 5.32 Å². The van der Waals surface area contributed by atoms with Crippen molar-refractivity contribution < 1.29 is 0 Å². The van der Waals surface area contributed by atoms with Gasteiger partial charge in [-0.2, -0.15) is 0 Å². The minimum absolute atomic E-state index is 0.329. The summed E-state index contributed by atoms with van der Waals surface area (Å²) >= 11 is 0. The van der Waals surface area contributed by atoms with Crippen LogP contribution in [0, 0.1) is 10.8 Å². The molecule has 0 spiro atoms. The Hall–Kier alpha value is -0.300. The van der Waals surface area contributed by atoms with Gasteiger partial charge in [-0.05, 0) is 17.3 Å². The van der Waals surface area contributed by atoms with Crippen LogP contribution in [0.25, 0.3) is 0 Å². The molecule has 1 unspecified atom stereocenters. The van der Waals surface area contributed by atoms with Gasteiger partial charge in [-0.1, -0.05) is 53.2 Å². The van der Waals surface area contributed by atoms with Crippen molar-refractivity contribution in [3.8, 4) is 0 Å². The van der Waals surface area contributed by atoms with E-state index in [1.165, 1.54) is 6.42 Å². The van der Waals surface area contributed by atoms with Crippen LogP contribution in [0.4, 0.5) is 0 Å². The van der Waals surface area contributed by atoms with Crippen LogP contribution < -0.4 is 5.32 Å². The van der Waals surface area contributed by atoms with E-state index in [9.17, 15) is 0 Å². The van der Waals surface area contributed by atoms with E-state index < -0.39 is 0 Å². The third-order valence-corrected chi connectivity index (χ3v) is 3.15. The lowest BCUT2D eigenvalue weighted by Crippen LogP contribution is -2.44. The molecule has 1 rings (SSSR count). The van der Waals surface area contributed by atoms with Crippen molar-refractivity contribution in [1.29, 1.82) is 0 Å². The molecule has 82 valence electrons. The van der Waals surface area contributed by atoms with Gasteiger partial charge in [0.2, 0.25) is 0 Å². The van der Waals surface area contributed by atoms with Crippen LogP contribution in [-0.2, 0) is 0 Å². The predicted molar refractivity (Wildman–Crippen MR) is 63.4 cm³/mol. The zero-order valence-corrected chi connectivity index (χ0v) is 10.6. The molecule has 0 amide bonds. The zero-order valence-electron chi connectivity index (χ0n) is 10.6. The minimum atomic E-state index is 0.329. The summed E-state index contributed by atoms with van der Waals surface area (Å²) in [6, 6.07) is 0.633. The molecule has 0 aromatic carbocycles. The first kappa shape index (κ1) is 11.8. The largest absolute Gasteiger partial charge is 0.309 e. The average Bonchev–Trinajstić information content (AvgIpc) is 2.01. The van der Waals surface area contributed by atoms with E-state index in [1.807, 2.05) is 0 Å². The maximum atomic E-state index is 3.65. The van der Waals surface area contributed by atoms with Crippen molar-refractivity contribution in [2.45, 2.75) is 54.0 Å². The SMILES string of the molecule is CC(C)(C)C1=CCC(C(C)(C)C)NC1. The highest BCUT2D eigenvalue weighted by Crippen LogP contribution is 2.31. The molecule has 1 heterocycles. The number of hydrogen-bond donors (Lipinski definition) is 1. The Bertz CT molecular complexity index is 225. The number of hydrogen-bond acceptors (Lipinski definition) is 1. The molecule has 1 heteroatoms. The normalized spacial score (nSPS) is 24.7. The molecule has 1 aliphatic heterocycles. The van der Waals surface area contributed by atoms with Gasteiger partial charge in [0.15, 0.2) is 0 Å². The standard InChI is InChI=1S/C13H25N/c1-12(2,3)10-7-8-11(14-9-10)13(4,5)6/h7,11,14H,8-9H2,1-6H3. The molecule has 0 aromatic heterocycles. The fraction of sp³-hybridized carbons (Fsp3) is 0.846. The second kappa shape index (κ2) is 3.69. The van der Waals surface area contributed by atoms with Crippen molar-refractivity contribution in [1.82, 2.24) is 5.32 Å². The first-order valence-electron chi connectivity index (χ1n) is 5.64. The van der Waals surface area contributed by atoms with E-state index in [4.69, 9.17) is 0 Å². The predicted octanol–water partition coefficient (Wildman–Crippen LogP) is 3.37. The number of rotatable bonds is 0. The second-order valence-corrected chi connectivity index (χ2v) is 6.51. The fourth-order valence-electron chi connectivity index (χ4n) is 1.88. The third kappa shape index (κ3) is 2.84. The summed E-state index contributed by atoms with van der Waals surface area (Å²) in [6.07, 6.45) is 3.61. The van der Waals surface area contributed by atoms with Gasteiger partial charge in [0, 0.05) is 12.6 Å². The van der Waals surface area contributed by atoms with E-state index in [1.54, 1.807) is 5.57 Å². The quantitative estimate of drug-likeness (QED) is 0.584. The molecule has 1 atom stereocenters. The van der Waals surface area contributed by atoms with E-state index in [-0.39, 0.29) is 0 Å². The van der Waals surface area contributed by atoms with E-state index >= 15 is 0 Å². The van der Waals surface area contributed by atoms with Crippen molar-refractivity contribution in [3.63, 3.8) is 0 Å². The third-order valence-electron chi connectivity index (χ3n) is 3.15. The Labute approximate surface area is 89.0 Å². The van der Waals surface area contributed by atoms with Crippen LogP contribution in [0.15, 0.2) is 11.6 Å². The summed E-state index contributed by atoms with van der Waals surface area (Å²) in [5.74, 6) is 0. The maximum absolute atomic E-state index is 3.65. The topological polar surface area (TPSA) is 12.0 Å². The molecule has 1 aliphatic rings. The van der Waals surface area contributed by atoms with E-state index in [0.29, 0.717) is 16.9 Å². The van der Waals surface area contributed by atoms with Crippen LogP contribution in [0.2, 0.25) is 0 Å². The molecule has 0 aromatic rings. The number of nitrogens with one attached hydrogen (secondary N) is 1. The zero-order chi connectivity index (χ0) is 11.0. The Balaban J connectivity index is 2.65. The van der Waals surface area contributed by atoms with Crippen LogP contribution in [0.3, 0.4) is 0 Å². The summed E-state index contributed by atoms with van der Waals surface area (Å²) in [4.78, 5) is 0. The van der Waals surface area contributed by atoms with Gasteiger partial charge in [0.25, 0.3) is 0 Å². The van der Waals surface area contributed by atoms with E-state index in [2.05, 4.69) is 52.9 Å². The molecule has 1 nitrogen and oxygen atoms in total. The highest BCUT2D eigenvalue weighted by Gasteiger charge is 2.28.